The van der Waals surface area contributed by atoms with Crippen LogP contribution < -0.4 is 21.5 Å². The number of pyridine rings is 1. The third kappa shape index (κ3) is 4.48. The molecule has 0 saturated heterocycles. The zero-order valence-electron chi connectivity index (χ0n) is 13.4. The van der Waals surface area contributed by atoms with Crippen molar-refractivity contribution in [3.8, 4) is 5.75 Å². The molecule has 7 heteroatoms. The van der Waals surface area contributed by atoms with Crippen LogP contribution >= 0.6 is 11.3 Å². The summed E-state index contributed by atoms with van der Waals surface area (Å²) in [4.78, 5) is 16.0. The largest absolute Gasteiger partial charge is 0.489 e. The molecule has 0 fully saturated rings. The maximum Gasteiger partial charge on any atom is 0.255 e. The molecule has 0 saturated carbocycles. The predicted octanol–water partition coefficient (Wildman–Crippen LogP) is 2.82. The molecule has 25 heavy (non-hydrogen) atoms. The molecular weight excluding hydrogens is 336 g/mol. The van der Waals surface area contributed by atoms with Gasteiger partial charge in [0.25, 0.3) is 5.91 Å². The number of aromatic nitrogens is 1. The molecule has 0 unspecified atom stereocenters. The van der Waals surface area contributed by atoms with Crippen LogP contribution in [0.1, 0.15) is 21.5 Å². The van der Waals surface area contributed by atoms with E-state index < -0.39 is 0 Å². The molecule has 0 spiro atoms. The van der Waals surface area contributed by atoms with Gasteiger partial charge in [-0.05, 0) is 52.2 Å². The van der Waals surface area contributed by atoms with Crippen molar-refractivity contribution in [2.24, 2.45) is 0 Å². The molecule has 2 aromatic heterocycles. The molecule has 0 aliphatic heterocycles. The van der Waals surface area contributed by atoms with Gasteiger partial charge in [0.1, 0.15) is 24.0 Å². The number of ether oxygens (including phenoxy) is 1. The molecule has 0 aliphatic carbocycles. The number of nitrogen functional groups attached to an aromatic ring is 2. The van der Waals surface area contributed by atoms with Gasteiger partial charge in [-0.3, -0.25) is 4.79 Å². The fourth-order valence-electron chi connectivity index (χ4n) is 2.21. The molecule has 0 bridgehead atoms. The van der Waals surface area contributed by atoms with Crippen LogP contribution in [0.2, 0.25) is 0 Å². The van der Waals surface area contributed by atoms with Gasteiger partial charge >= 0.3 is 0 Å². The van der Waals surface area contributed by atoms with Crippen LogP contribution in [0.4, 0.5) is 11.6 Å². The summed E-state index contributed by atoms with van der Waals surface area (Å²) >= 11 is 1.65. The van der Waals surface area contributed by atoms with Crippen LogP contribution in [0.15, 0.2) is 53.2 Å². The van der Waals surface area contributed by atoms with Gasteiger partial charge < -0.3 is 21.5 Å². The number of carbonyl (C=O) groups is 1. The first kappa shape index (κ1) is 16.8. The summed E-state index contributed by atoms with van der Waals surface area (Å²) in [6.45, 7) is 0.927. The Morgan fingerprint density at radius 2 is 1.88 bits per heavy atom. The van der Waals surface area contributed by atoms with Gasteiger partial charge in [-0.15, -0.1) is 0 Å². The van der Waals surface area contributed by atoms with Gasteiger partial charge in [0.15, 0.2) is 0 Å². The Kier molecular flexibility index (Phi) is 5.15. The van der Waals surface area contributed by atoms with Crippen molar-refractivity contribution >= 4 is 28.9 Å². The van der Waals surface area contributed by atoms with Gasteiger partial charge in [-0.1, -0.05) is 12.1 Å². The number of carbonyl (C=O) groups excluding carboxylic acids is 1. The van der Waals surface area contributed by atoms with Crippen LogP contribution in [-0.4, -0.2) is 10.9 Å². The Morgan fingerprint density at radius 3 is 2.56 bits per heavy atom. The van der Waals surface area contributed by atoms with Crippen LogP contribution in [0.5, 0.6) is 5.75 Å². The maximum absolute atomic E-state index is 12.2. The van der Waals surface area contributed by atoms with E-state index in [2.05, 4.69) is 15.7 Å². The molecule has 1 aromatic carbocycles. The highest BCUT2D eigenvalue weighted by atomic mass is 32.1. The number of nitrogens with two attached hydrogens (primary N) is 2. The number of anilines is 2. The van der Waals surface area contributed by atoms with Crippen molar-refractivity contribution in [2.45, 2.75) is 13.2 Å². The number of hydrogen-bond donors (Lipinski definition) is 3. The van der Waals surface area contributed by atoms with Crippen molar-refractivity contribution in [1.82, 2.24) is 10.3 Å². The first-order valence-electron chi connectivity index (χ1n) is 7.65. The van der Waals surface area contributed by atoms with Gasteiger partial charge in [-0.25, -0.2) is 4.98 Å². The quantitative estimate of drug-likeness (QED) is 0.631. The van der Waals surface area contributed by atoms with Crippen molar-refractivity contribution in [3.63, 3.8) is 0 Å². The maximum atomic E-state index is 12.2. The minimum atomic E-state index is -0.289. The van der Waals surface area contributed by atoms with Crippen LogP contribution in [-0.2, 0) is 13.2 Å². The number of nitrogens with zero attached hydrogens (tertiary/aromatic N) is 1. The third-order valence-corrected chi connectivity index (χ3v) is 4.28. The average Bonchev–Trinajstić information content (AvgIpc) is 3.12. The van der Waals surface area contributed by atoms with Crippen LogP contribution in [0, 0.1) is 0 Å². The monoisotopic (exact) mass is 354 g/mol. The molecule has 0 atom stereocenters. The number of hydrogen-bond acceptors (Lipinski definition) is 6. The number of rotatable bonds is 6. The summed E-state index contributed by atoms with van der Waals surface area (Å²) < 4.78 is 5.71. The van der Waals surface area contributed by atoms with E-state index in [1.54, 1.807) is 23.5 Å². The normalized spacial score (nSPS) is 10.4. The van der Waals surface area contributed by atoms with Crippen LogP contribution in [0.3, 0.4) is 0 Å². The molecule has 0 radical (unpaired) electrons. The number of benzene rings is 1. The number of thiophene rings is 1. The first-order valence-corrected chi connectivity index (χ1v) is 8.59. The molecule has 6 nitrogen and oxygen atoms in total. The molecule has 2 heterocycles. The Bertz CT molecular complexity index is 848. The Hall–Kier alpha value is -3.06. The zero-order chi connectivity index (χ0) is 17.6. The molecule has 1 amide bonds. The lowest BCUT2D eigenvalue weighted by atomic mass is 10.2. The number of nitrogens with one attached hydrogen (secondary N) is 1. The van der Waals surface area contributed by atoms with Gasteiger partial charge in [0.05, 0.1) is 5.56 Å². The van der Waals surface area contributed by atoms with E-state index in [0.717, 1.165) is 16.9 Å². The Balaban J connectivity index is 1.53. The van der Waals surface area contributed by atoms with Gasteiger partial charge in [-0.2, -0.15) is 11.3 Å². The molecular formula is C18H18N4O2S. The Labute approximate surface area is 149 Å². The van der Waals surface area contributed by atoms with Gasteiger partial charge in [0.2, 0.25) is 0 Å². The highest BCUT2D eigenvalue weighted by Gasteiger charge is 2.10. The first-order chi connectivity index (χ1) is 12.1. The molecule has 0 aliphatic rings. The van der Waals surface area contributed by atoms with E-state index in [1.165, 1.54) is 0 Å². The van der Waals surface area contributed by atoms with E-state index in [4.69, 9.17) is 16.2 Å². The van der Waals surface area contributed by atoms with Crippen LogP contribution in [0.25, 0.3) is 0 Å². The van der Waals surface area contributed by atoms with Crippen molar-refractivity contribution < 1.29 is 9.53 Å². The Morgan fingerprint density at radius 1 is 1.08 bits per heavy atom. The summed E-state index contributed by atoms with van der Waals surface area (Å²) in [7, 11) is 0. The summed E-state index contributed by atoms with van der Waals surface area (Å²) in [6.07, 6.45) is 0. The molecule has 3 aromatic rings. The summed E-state index contributed by atoms with van der Waals surface area (Å²) in [6, 6.07) is 12.7. The lowest BCUT2D eigenvalue weighted by Gasteiger charge is -2.09. The van der Waals surface area contributed by atoms with E-state index in [-0.39, 0.29) is 17.5 Å². The van der Waals surface area contributed by atoms with Gasteiger partial charge in [0, 0.05) is 6.54 Å². The highest BCUT2D eigenvalue weighted by molar-refractivity contribution is 7.07. The predicted molar refractivity (Wildman–Crippen MR) is 99.3 cm³/mol. The topological polar surface area (TPSA) is 103 Å². The van der Waals surface area contributed by atoms with Crippen molar-refractivity contribution in [1.29, 1.82) is 0 Å². The fraction of sp³-hybridized carbons (Fsp3) is 0.111. The zero-order valence-corrected chi connectivity index (χ0v) is 14.3. The van der Waals surface area contributed by atoms with E-state index in [9.17, 15) is 4.79 Å². The summed E-state index contributed by atoms with van der Waals surface area (Å²) in [5.41, 5.74) is 13.7. The highest BCUT2D eigenvalue weighted by Crippen LogP contribution is 2.16. The SMILES string of the molecule is Nc1ccc(C(=O)NCc2ccc(OCc3ccsc3)cc2)c(N)n1. The van der Waals surface area contributed by atoms with Crippen molar-refractivity contribution in [3.05, 3.63) is 69.9 Å². The van der Waals surface area contributed by atoms with E-state index >= 15 is 0 Å². The average molecular weight is 354 g/mol. The van der Waals surface area contributed by atoms with Crippen molar-refractivity contribution in [2.75, 3.05) is 11.5 Å². The smallest absolute Gasteiger partial charge is 0.255 e. The second-order valence-corrected chi connectivity index (χ2v) is 6.20. The molecule has 3 rings (SSSR count). The minimum absolute atomic E-state index is 0.120. The summed E-state index contributed by atoms with van der Waals surface area (Å²) in [5, 5.41) is 6.89. The van der Waals surface area contributed by atoms with E-state index in [1.807, 2.05) is 35.7 Å². The lowest BCUT2D eigenvalue weighted by molar-refractivity contribution is 0.0951. The molecule has 5 N–H and O–H groups in total. The number of amides is 1. The third-order valence-electron chi connectivity index (χ3n) is 3.55. The molecule has 128 valence electrons. The summed E-state index contributed by atoms with van der Waals surface area (Å²) in [5.74, 6) is 0.901. The second kappa shape index (κ2) is 7.67. The second-order valence-electron chi connectivity index (χ2n) is 5.42. The van der Waals surface area contributed by atoms with E-state index in [0.29, 0.717) is 18.7 Å². The fourth-order valence-corrected chi connectivity index (χ4v) is 2.86. The standard InChI is InChI=1S/C18H18N4O2S/c19-16-6-5-15(17(20)22-16)18(23)21-9-12-1-3-14(4-2-12)24-10-13-7-8-25-11-13/h1-8,11H,9-10H2,(H,21,23)(H4,19,20,22). The minimum Gasteiger partial charge on any atom is -0.489 e. The lowest BCUT2D eigenvalue weighted by Crippen LogP contribution is -2.24.